The number of unbranched alkanes of at least 4 members (excludes halogenated alkanes) is 14. The summed E-state index contributed by atoms with van der Waals surface area (Å²) in [4.78, 5) is 0. The first-order chi connectivity index (χ1) is 13.4. The highest BCUT2D eigenvalue weighted by Gasteiger charge is 2.06. The maximum atomic E-state index is 2.41. The standard InChI is InChI=1S/C26H42N/c1-2-3-4-5-6-7-8-9-10-11-12-13-14-15-18-23-27-24-19-21-25-20-16-17-22-26(25)27/h16-17,19-22,24H,2-15,18,23H2,1H3/q+1. The number of pyridine rings is 1. The van der Waals surface area contributed by atoms with Crippen LogP contribution in [0.2, 0.25) is 0 Å². The third-order valence-electron chi connectivity index (χ3n) is 5.79. The van der Waals surface area contributed by atoms with Gasteiger partial charge in [-0.1, -0.05) is 103 Å². The number of benzene rings is 1. The lowest BCUT2D eigenvalue weighted by molar-refractivity contribution is -0.671. The lowest BCUT2D eigenvalue weighted by Gasteiger charge is -2.03. The van der Waals surface area contributed by atoms with Crippen LogP contribution >= 0.6 is 0 Å². The minimum absolute atomic E-state index is 1.15. The van der Waals surface area contributed by atoms with Gasteiger partial charge >= 0.3 is 0 Å². The zero-order valence-electron chi connectivity index (χ0n) is 17.8. The number of fused-ring (bicyclic) bond motifs is 1. The van der Waals surface area contributed by atoms with Gasteiger partial charge in [-0.25, -0.2) is 0 Å². The number of aromatic nitrogens is 1. The summed E-state index contributed by atoms with van der Waals surface area (Å²) in [6.45, 7) is 3.45. The maximum Gasteiger partial charge on any atom is 0.212 e. The Balaban J connectivity index is 1.40. The van der Waals surface area contributed by atoms with Gasteiger partial charge in [-0.2, -0.15) is 4.57 Å². The van der Waals surface area contributed by atoms with Gasteiger partial charge in [0.1, 0.15) is 6.54 Å². The number of hydrogen-bond acceptors (Lipinski definition) is 0. The lowest BCUT2D eigenvalue weighted by atomic mass is 10.0. The highest BCUT2D eigenvalue weighted by molar-refractivity contribution is 5.74. The molecule has 0 spiro atoms. The first-order valence-electron chi connectivity index (χ1n) is 11.8. The second-order valence-electron chi connectivity index (χ2n) is 8.21. The molecule has 0 saturated carbocycles. The first-order valence-corrected chi connectivity index (χ1v) is 11.8. The van der Waals surface area contributed by atoms with E-state index in [9.17, 15) is 0 Å². The average molecular weight is 369 g/mol. The van der Waals surface area contributed by atoms with Crippen LogP contribution in [0, 0.1) is 0 Å². The van der Waals surface area contributed by atoms with E-state index in [1.54, 1.807) is 0 Å². The second-order valence-corrected chi connectivity index (χ2v) is 8.21. The molecular weight excluding hydrogens is 326 g/mol. The van der Waals surface area contributed by atoms with Gasteiger partial charge in [-0.15, -0.1) is 0 Å². The summed E-state index contributed by atoms with van der Waals surface area (Å²) < 4.78 is 2.41. The Bertz CT molecular complexity index is 599. The van der Waals surface area contributed by atoms with Crippen LogP contribution in [0.15, 0.2) is 42.6 Å². The molecule has 1 heterocycles. The molecule has 1 aromatic carbocycles. The van der Waals surface area contributed by atoms with Crippen molar-refractivity contribution in [1.82, 2.24) is 0 Å². The number of para-hydroxylation sites is 1. The third kappa shape index (κ3) is 9.40. The van der Waals surface area contributed by atoms with Crippen LogP contribution in [0.3, 0.4) is 0 Å². The van der Waals surface area contributed by atoms with Crippen molar-refractivity contribution in [3.05, 3.63) is 42.6 Å². The lowest BCUT2D eigenvalue weighted by Crippen LogP contribution is -2.33. The molecule has 0 saturated heterocycles. The summed E-state index contributed by atoms with van der Waals surface area (Å²) in [6, 6.07) is 13.1. The minimum atomic E-state index is 1.15. The number of rotatable bonds is 16. The quantitative estimate of drug-likeness (QED) is 0.209. The largest absolute Gasteiger partial charge is 0.212 e. The van der Waals surface area contributed by atoms with Crippen molar-refractivity contribution in [2.75, 3.05) is 0 Å². The van der Waals surface area contributed by atoms with Crippen molar-refractivity contribution in [3.63, 3.8) is 0 Å². The number of nitrogens with zero attached hydrogens (tertiary/aromatic N) is 1. The molecule has 0 aliphatic rings. The van der Waals surface area contributed by atoms with E-state index >= 15 is 0 Å². The maximum absolute atomic E-state index is 2.41. The molecule has 0 atom stereocenters. The van der Waals surface area contributed by atoms with E-state index in [1.165, 1.54) is 107 Å². The molecular formula is C26H42N+. The summed E-state index contributed by atoms with van der Waals surface area (Å²) in [5, 5.41) is 1.35. The van der Waals surface area contributed by atoms with E-state index < -0.39 is 0 Å². The molecule has 0 N–H and O–H groups in total. The summed E-state index contributed by atoms with van der Waals surface area (Å²) >= 11 is 0. The molecule has 1 nitrogen and oxygen atoms in total. The Hall–Kier alpha value is -1.37. The third-order valence-corrected chi connectivity index (χ3v) is 5.79. The molecule has 0 aliphatic heterocycles. The molecule has 0 unspecified atom stereocenters. The first kappa shape index (κ1) is 21.9. The van der Waals surface area contributed by atoms with Crippen molar-refractivity contribution < 1.29 is 4.57 Å². The van der Waals surface area contributed by atoms with Crippen LogP contribution in [0.1, 0.15) is 103 Å². The van der Waals surface area contributed by atoms with E-state index in [0.29, 0.717) is 0 Å². The predicted octanol–water partition coefficient (Wildman–Crippen LogP) is 8.00. The Morgan fingerprint density at radius 2 is 1.04 bits per heavy atom. The molecule has 0 aliphatic carbocycles. The van der Waals surface area contributed by atoms with Crippen molar-refractivity contribution in [1.29, 1.82) is 0 Å². The Labute approximate surface area is 168 Å². The van der Waals surface area contributed by atoms with Crippen molar-refractivity contribution >= 4 is 10.9 Å². The predicted molar refractivity (Wildman–Crippen MR) is 119 cm³/mol. The molecule has 0 radical (unpaired) electrons. The molecule has 0 fully saturated rings. The SMILES string of the molecule is CCCCCCCCCCCCCCCCC[n+]1cccc2ccccc21. The van der Waals surface area contributed by atoms with Gasteiger partial charge in [-0.3, -0.25) is 0 Å². The Morgan fingerprint density at radius 1 is 0.556 bits per heavy atom. The Morgan fingerprint density at radius 3 is 1.63 bits per heavy atom. The van der Waals surface area contributed by atoms with Gasteiger partial charge in [0.05, 0.1) is 0 Å². The van der Waals surface area contributed by atoms with Gasteiger partial charge in [0.15, 0.2) is 6.20 Å². The fraction of sp³-hybridized carbons (Fsp3) is 0.654. The normalized spacial score (nSPS) is 11.3. The van der Waals surface area contributed by atoms with Crippen LogP contribution in [0.4, 0.5) is 0 Å². The molecule has 1 heteroatoms. The van der Waals surface area contributed by atoms with Gasteiger partial charge in [0, 0.05) is 23.9 Å². The molecule has 27 heavy (non-hydrogen) atoms. The highest BCUT2D eigenvalue weighted by atomic mass is 14.9. The van der Waals surface area contributed by atoms with Crippen LogP contribution < -0.4 is 4.57 Å². The van der Waals surface area contributed by atoms with Crippen LogP contribution in [0.25, 0.3) is 10.9 Å². The molecule has 0 bridgehead atoms. The second kappa shape index (κ2) is 14.7. The summed E-state index contributed by atoms with van der Waals surface area (Å²) in [6.07, 6.45) is 23.7. The van der Waals surface area contributed by atoms with Gasteiger partial charge in [0.2, 0.25) is 5.52 Å². The molecule has 2 rings (SSSR count). The zero-order valence-corrected chi connectivity index (χ0v) is 17.8. The smallest absolute Gasteiger partial charge is 0.198 e. The zero-order chi connectivity index (χ0) is 19.0. The van der Waals surface area contributed by atoms with E-state index in [1.807, 2.05) is 0 Å². The minimum Gasteiger partial charge on any atom is -0.198 e. The summed E-state index contributed by atoms with van der Waals surface area (Å²) in [5.41, 5.74) is 1.37. The van der Waals surface area contributed by atoms with Gasteiger partial charge in [0.25, 0.3) is 0 Å². The van der Waals surface area contributed by atoms with Gasteiger partial charge < -0.3 is 0 Å². The van der Waals surface area contributed by atoms with Crippen LogP contribution in [0.5, 0.6) is 0 Å². The number of aryl methyl sites for hydroxylation is 1. The van der Waals surface area contributed by atoms with Crippen molar-refractivity contribution in [2.45, 2.75) is 110 Å². The molecule has 0 amide bonds. The molecule has 2 aromatic rings. The molecule has 1 aromatic heterocycles. The molecule has 150 valence electrons. The van der Waals surface area contributed by atoms with Crippen molar-refractivity contribution in [2.24, 2.45) is 0 Å². The topological polar surface area (TPSA) is 3.88 Å². The fourth-order valence-electron chi connectivity index (χ4n) is 4.07. The number of hydrogen-bond donors (Lipinski definition) is 0. The monoisotopic (exact) mass is 368 g/mol. The Kier molecular flexibility index (Phi) is 11.9. The fourth-order valence-corrected chi connectivity index (χ4v) is 4.07. The van der Waals surface area contributed by atoms with Crippen molar-refractivity contribution in [3.8, 4) is 0 Å². The van der Waals surface area contributed by atoms with E-state index in [2.05, 4.69) is 54.1 Å². The summed E-state index contributed by atoms with van der Waals surface area (Å²) in [7, 11) is 0. The van der Waals surface area contributed by atoms with Gasteiger partial charge in [-0.05, 0) is 18.6 Å². The summed E-state index contributed by atoms with van der Waals surface area (Å²) in [5.74, 6) is 0. The average Bonchev–Trinajstić information content (AvgIpc) is 2.71. The van der Waals surface area contributed by atoms with E-state index in [-0.39, 0.29) is 0 Å². The highest BCUT2D eigenvalue weighted by Crippen LogP contribution is 2.13. The van der Waals surface area contributed by atoms with Crippen LogP contribution in [-0.4, -0.2) is 0 Å². The van der Waals surface area contributed by atoms with E-state index in [0.717, 1.165) is 6.54 Å². The van der Waals surface area contributed by atoms with E-state index in [4.69, 9.17) is 0 Å². The van der Waals surface area contributed by atoms with Crippen LogP contribution in [-0.2, 0) is 6.54 Å².